The van der Waals surface area contributed by atoms with Crippen molar-refractivity contribution in [3.05, 3.63) is 58.1 Å². The Morgan fingerprint density at radius 2 is 1.87 bits per heavy atom. The number of nitrogens with one attached hydrogen (secondary N) is 1. The molecule has 0 saturated heterocycles. The van der Waals surface area contributed by atoms with Gasteiger partial charge in [-0.15, -0.1) is 0 Å². The molecule has 0 radical (unpaired) electrons. The van der Waals surface area contributed by atoms with Crippen LogP contribution in [0.3, 0.4) is 0 Å². The first kappa shape index (κ1) is 22.6. The number of nitro groups is 1. The Hall–Kier alpha value is -3.67. The largest absolute Gasteiger partial charge is 0.493 e. The second-order valence-corrected chi connectivity index (χ2v) is 7.82. The van der Waals surface area contributed by atoms with Crippen LogP contribution in [0.2, 0.25) is 0 Å². The van der Waals surface area contributed by atoms with Crippen LogP contribution in [-0.4, -0.2) is 52.5 Å². The van der Waals surface area contributed by atoms with Crippen LogP contribution in [0.15, 0.2) is 47.6 Å². The molecule has 0 aliphatic rings. The number of para-hydroxylation sites is 1. The molecule has 0 bridgehead atoms. The van der Waals surface area contributed by atoms with E-state index in [1.54, 1.807) is 6.07 Å². The van der Waals surface area contributed by atoms with E-state index in [2.05, 4.69) is 10.5 Å². The number of hydrazone groups is 1. The Labute approximate surface area is 173 Å². The first-order chi connectivity index (χ1) is 14.2. The van der Waals surface area contributed by atoms with E-state index in [0.717, 1.165) is 16.8 Å². The van der Waals surface area contributed by atoms with Crippen LogP contribution in [-0.2, 0) is 14.8 Å². The number of carbonyl (C=O) groups excluding carboxylic acids is 1. The SMILES string of the molecule is COc1ccc(N(CC(=O)N/N=C\c2ccccc2[N+](=O)[O-])S(C)(=O)=O)cc1OC. The molecule has 2 rings (SSSR count). The number of ether oxygens (including phenoxy) is 2. The average Bonchev–Trinajstić information content (AvgIpc) is 2.71. The van der Waals surface area contributed by atoms with E-state index in [9.17, 15) is 23.3 Å². The van der Waals surface area contributed by atoms with Crippen molar-refractivity contribution in [2.45, 2.75) is 0 Å². The number of benzene rings is 2. The maximum absolute atomic E-state index is 12.2. The number of hydrogen-bond acceptors (Lipinski definition) is 8. The van der Waals surface area contributed by atoms with E-state index in [-0.39, 0.29) is 16.9 Å². The molecule has 30 heavy (non-hydrogen) atoms. The Bertz CT molecular complexity index is 1070. The number of anilines is 1. The van der Waals surface area contributed by atoms with Crippen molar-refractivity contribution in [2.75, 3.05) is 31.3 Å². The monoisotopic (exact) mass is 436 g/mol. The highest BCUT2D eigenvalue weighted by atomic mass is 32.2. The molecule has 1 amide bonds. The number of nitrogens with zero attached hydrogens (tertiary/aromatic N) is 3. The molecule has 160 valence electrons. The Balaban J connectivity index is 2.19. The fraction of sp³-hybridized carbons (Fsp3) is 0.222. The van der Waals surface area contributed by atoms with E-state index >= 15 is 0 Å². The van der Waals surface area contributed by atoms with Crippen molar-refractivity contribution in [1.82, 2.24) is 5.43 Å². The number of amides is 1. The van der Waals surface area contributed by atoms with Crippen LogP contribution in [0.25, 0.3) is 0 Å². The zero-order chi connectivity index (χ0) is 22.3. The highest BCUT2D eigenvalue weighted by molar-refractivity contribution is 7.92. The quantitative estimate of drug-likeness (QED) is 0.357. The smallest absolute Gasteiger partial charge is 0.278 e. The minimum absolute atomic E-state index is 0.182. The van der Waals surface area contributed by atoms with Gasteiger partial charge in [-0.1, -0.05) is 12.1 Å². The van der Waals surface area contributed by atoms with Gasteiger partial charge in [-0.2, -0.15) is 5.10 Å². The first-order valence-corrected chi connectivity index (χ1v) is 10.3. The van der Waals surface area contributed by atoms with Crippen molar-refractivity contribution < 1.29 is 27.6 Å². The second kappa shape index (κ2) is 9.69. The van der Waals surface area contributed by atoms with Gasteiger partial charge in [0.1, 0.15) is 6.54 Å². The third-order valence-corrected chi connectivity index (χ3v) is 5.01. The number of carbonyl (C=O) groups is 1. The maximum atomic E-state index is 12.2. The normalized spacial score (nSPS) is 11.2. The lowest BCUT2D eigenvalue weighted by atomic mass is 10.2. The molecule has 0 saturated carbocycles. The fourth-order valence-corrected chi connectivity index (χ4v) is 3.33. The molecule has 0 atom stereocenters. The predicted octanol–water partition coefficient (Wildman–Crippen LogP) is 1.53. The van der Waals surface area contributed by atoms with Gasteiger partial charge >= 0.3 is 0 Å². The van der Waals surface area contributed by atoms with E-state index in [4.69, 9.17) is 9.47 Å². The molecule has 0 unspecified atom stereocenters. The van der Waals surface area contributed by atoms with Crippen LogP contribution in [0.1, 0.15) is 5.56 Å². The van der Waals surface area contributed by atoms with Crippen LogP contribution in [0.5, 0.6) is 11.5 Å². The molecule has 11 nitrogen and oxygen atoms in total. The zero-order valence-electron chi connectivity index (χ0n) is 16.4. The number of sulfonamides is 1. The first-order valence-electron chi connectivity index (χ1n) is 8.42. The van der Waals surface area contributed by atoms with Crippen molar-refractivity contribution in [2.24, 2.45) is 5.10 Å². The molecule has 0 heterocycles. The van der Waals surface area contributed by atoms with Crippen LogP contribution < -0.4 is 19.2 Å². The lowest BCUT2D eigenvalue weighted by Gasteiger charge is -2.22. The fourth-order valence-electron chi connectivity index (χ4n) is 2.48. The summed E-state index contributed by atoms with van der Waals surface area (Å²) >= 11 is 0. The molecular weight excluding hydrogens is 416 g/mol. The summed E-state index contributed by atoms with van der Waals surface area (Å²) in [6.45, 7) is -0.567. The highest BCUT2D eigenvalue weighted by Gasteiger charge is 2.22. The van der Waals surface area contributed by atoms with Gasteiger partial charge in [0.05, 0.1) is 42.9 Å². The molecule has 2 aromatic rings. The van der Waals surface area contributed by atoms with Gasteiger partial charge in [0.25, 0.3) is 11.6 Å². The molecule has 0 aliphatic carbocycles. The van der Waals surface area contributed by atoms with E-state index in [1.807, 2.05) is 0 Å². The van der Waals surface area contributed by atoms with E-state index < -0.39 is 27.4 Å². The van der Waals surface area contributed by atoms with Gasteiger partial charge in [-0.05, 0) is 18.2 Å². The summed E-state index contributed by atoms with van der Waals surface area (Å²) in [7, 11) is -0.980. The number of methoxy groups -OCH3 is 2. The summed E-state index contributed by atoms with van der Waals surface area (Å²) in [5.74, 6) is -0.0586. The summed E-state index contributed by atoms with van der Waals surface area (Å²) in [6.07, 6.45) is 2.06. The molecule has 12 heteroatoms. The molecule has 1 N–H and O–H groups in total. The number of hydrogen-bond donors (Lipinski definition) is 1. The minimum Gasteiger partial charge on any atom is -0.493 e. The Kier molecular flexibility index (Phi) is 7.31. The van der Waals surface area contributed by atoms with E-state index in [0.29, 0.717) is 11.5 Å². The summed E-state index contributed by atoms with van der Waals surface area (Å²) in [5, 5.41) is 14.7. The zero-order valence-corrected chi connectivity index (χ0v) is 17.3. The van der Waals surface area contributed by atoms with E-state index in [1.165, 1.54) is 50.6 Å². The summed E-state index contributed by atoms with van der Waals surface area (Å²) in [6, 6.07) is 10.2. The summed E-state index contributed by atoms with van der Waals surface area (Å²) in [4.78, 5) is 22.7. The molecule has 0 spiro atoms. The van der Waals surface area contributed by atoms with Gasteiger partial charge in [-0.25, -0.2) is 13.8 Å². The minimum atomic E-state index is -3.82. The number of rotatable bonds is 9. The maximum Gasteiger partial charge on any atom is 0.278 e. The molecule has 0 aromatic heterocycles. The van der Waals surface area contributed by atoms with Crippen molar-refractivity contribution in [3.63, 3.8) is 0 Å². The van der Waals surface area contributed by atoms with Crippen molar-refractivity contribution in [3.8, 4) is 11.5 Å². The predicted molar refractivity (Wildman–Crippen MR) is 111 cm³/mol. The van der Waals surface area contributed by atoms with Crippen LogP contribution >= 0.6 is 0 Å². The number of nitro benzene ring substituents is 1. The molecule has 0 fully saturated rings. The second-order valence-electron chi connectivity index (χ2n) is 5.92. The highest BCUT2D eigenvalue weighted by Crippen LogP contribution is 2.32. The van der Waals surface area contributed by atoms with Crippen molar-refractivity contribution in [1.29, 1.82) is 0 Å². The van der Waals surface area contributed by atoms with Gasteiger partial charge in [0.15, 0.2) is 11.5 Å². The summed E-state index contributed by atoms with van der Waals surface area (Å²) in [5.41, 5.74) is 2.36. The van der Waals surface area contributed by atoms with Gasteiger partial charge < -0.3 is 9.47 Å². The summed E-state index contributed by atoms with van der Waals surface area (Å²) < 4.78 is 35.5. The van der Waals surface area contributed by atoms with Crippen LogP contribution in [0, 0.1) is 10.1 Å². The molecule has 0 aliphatic heterocycles. The standard InChI is InChI=1S/C18H20N4O7S/c1-28-16-9-8-14(10-17(16)29-2)21(30(3,26)27)12-18(23)20-19-11-13-6-4-5-7-15(13)22(24)25/h4-11H,12H2,1-3H3,(H,20,23)/b19-11-. The van der Waals surface area contributed by atoms with Crippen LogP contribution in [0.4, 0.5) is 11.4 Å². The molecule has 2 aromatic carbocycles. The third-order valence-electron chi connectivity index (χ3n) is 3.87. The Morgan fingerprint density at radius 3 is 2.47 bits per heavy atom. The van der Waals surface area contributed by atoms with Gasteiger partial charge in [-0.3, -0.25) is 19.2 Å². The Morgan fingerprint density at radius 1 is 1.20 bits per heavy atom. The average molecular weight is 436 g/mol. The van der Waals surface area contributed by atoms with Crippen molar-refractivity contribution >= 4 is 33.5 Å². The lowest BCUT2D eigenvalue weighted by molar-refractivity contribution is -0.385. The lowest BCUT2D eigenvalue weighted by Crippen LogP contribution is -2.39. The third kappa shape index (κ3) is 5.67. The van der Waals surface area contributed by atoms with Gasteiger partial charge in [0.2, 0.25) is 10.0 Å². The molecular formula is C18H20N4O7S. The topological polar surface area (TPSA) is 140 Å². The van der Waals surface area contributed by atoms with Gasteiger partial charge in [0, 0.05) is 12.1 Å².